The zero-order valence-electron chi connectivity index (χ0n) is 17.7. The number of aryl methyl sites for hydroxylation is 2. The van der Waals surface area contributed by atoms with Crippen molar-refractivity contribution in [1.82, 2.24) is 0 Å². The number of amides is 1. The quantitative estimate of drug-likeness (QED) is 0.403. The second-order valence-electron chi connectivity index (χ2n) is 7.96. The van der Waals surface area contributed by atoms with Gasteiger partial charge in [0.2, 0.25) is 5.91 Å². The SMILES string of the molecule is O=C(CN(c1cccc(Cl)c1)S(=O)(=O)c1ccccc1)Nc1ccc2c3c(cccc13)CC2. The van der Waals surface area contributed by atoms with E-state index in [1.54, 1.807) is 36.4 Å². The van der Waals surface area contributed by atoms with Gasteiger partial charge in [-0.1, -0.05) is 60.1 Å². The largest absolute Gasteiger partial charge is 0.324 e. The minimum atomic E-state index is -3.99. The molecule has 0 fully saturated rings. The molecule has 1 aliphatic carbocycles. The van der Waals surface area contributed by atoms with Crippen LogP contribution < -0.4 is 9.62 Å². The molecule has 5 rings (SSSR count). The summed E-state index contributed by atoms with van der Waals surface area (Å²) in [5.41, 5.74) is 3.53. The van der Waals surface area contributed by atoms with Crippen molar-refractivity contribution in [3.05, 3.63) is 101 Å². The summed E-state index contributed by atoms with van der Waals surface area (Å²) in [4.78, 5) is 13.2. The summed E-state index contributed by atoms with van der Waals surface area (Å²) in [6.07, 6.45) is 1.98. The maximum atomic E-state index is 13.4. The van der Waals surface area contributed by atoms with Gasteiger partial charge in [0.25, 0.3) is 10.0 Å². The van der Waals surface area contributed by atoms with Crippen LogP contribution in [0.1, 0.15) is 11.1 Å². The van der Waals surface area contributed by atoms with Crippen molar-refractivity contribution >= 4 is 49.7 Å². The number of hydrogen-bond acceptors (Lipinski definition) is 3. The van der Waals surface area contributed by atoms with E-state index in [-0.39, 0.29) is 11.4 Å². The van der Waals surface area contributed by atoms with Crippen molar-refractivity contribution in [3.63, 3.8) is 0 Å². The maximum absolute atomic E-state index is 13.4. The predicted octanol–water partition coefficient (Wildman–Crippen LogP) is 5.43. The molecule has 0 aromatic heterocycles. The Morgan fingerprint density at radius 1 is 0.879 bits per heavy atom. The third-order valence-electron chi connectivity index (χ3n) is 5.87. The fraction of sp³-hybridized carbons (Fsp3) is 0.115. The van der Waals surface area contributed by atoms with Crippen LogP contribution in [-0.2, 0) is 27.7 Å². The molecular formula is C26H21ClN2O3S. The molecule has 4 aromatic rings. The number of anilines is 2. The third-order valence-corrected chi connectivity index (χ3v) is 7.89. The summed E-state index contributed by atoms with van der Waals surface area (Å²) >= 11 is 6.13. The van der Waals surface area contributed by atoms with Crippen molar-refractivity contribution in [1.29, 1.82) is 0 Å². The van der Waals surface area contributed by atoms with Gasteiger partial charge >= 0.3 is 0 Å². The summed E-state index contributed by atoms with van der Waals surface area (Å²) in [6, 6.07) is 24.5. The Hall–Kier alpha value is -3.35. The lowest BCUT2D eigenvalue weighted by molar-refractivity contribution is -0.114. The van der Waals surface area contributed by atoms with Gasteiger partial charge in [0.15, 0.2) is 0 Å². The molecule has 0 atom stereocenters. The number of benzene rings is 4. The first-order valence-electron chi connectivity index (χ1n) is 10.6. The van der Waals surface area contributed by atoms with Gasteiger partial charge in [0.05, 0.1) is 10.6 Å². The molecule has 0 radical (unpaired) electrons. The summed E-state index contributed by atoms with van der Waals surface area (Å²) in [5.74, 6) is -0.437. The van der Waals surface area contributed by atoms with Crippen molar-refractivity contribution in [2.75, 3.05) is 16.2 Å². The molecule has 0 saturated heterocycles. The second kappa shape index (κ2) is 8.54. The maximum Gasteiger partial charge on any atom is 0.264 e. The second-order valence-corrected chi connectivity index (χ2v) is 10.3. The van der Waals surface area contributed by atoms with Crippen LogP contribution in [-0.4, -0.2) is 20.9 Å². The lowest BCUT2D eigenvalue weighted by Crippen LogP contribution is -2.38. The highest BCUT2D eigenvalue weighted by Gasteiger charge is 2.27. The fourth-order valence-electron chi connectivity index (χ4n) is 4.34. The van der Waals surface area contributed by atoms with Crippen LogP contribution >= 0.6 is 11.6 Å². The average molecular weight is 477 g/mol. The summed E-state index contributed by atoms with van der Waals surface area (Å²) in [6.45, 7) is -0.388. The molecule has 0 bridgehead atoms. The Balaban J connectivity index is 1.49. The number of sulfonamides is 1. The normalized spacial score (nSPS) is 12.6. The van der Waals surface area contributed by atoms with Gasteiger partial charge in [0, 0.05) is 16.1 Å². The van der Waals surface area contributed by atoms with Gasteiger partial charge in [-0.3, -0.25) is 9.10 Å². The van der Waals surface area contributed by atoms with Crippen LogP contribution in [0.3, 0.4) is 0 Å². The molecule has 7 heteroatoms. The summed E-state index contributed by atoms with van der Waals surface area (Å²) in [7, 11) is -3.99. The van der Waals surface area contributed by atoms with Crippen LogP contribution in [0.15, 0.2) is 89.8 Å². The molecule has 0 saturated carbocycles. The zero-order chi connectivity index (χ0) is 23.0. The first-order chi connectivity index (χ1) is 15.9. The minimum absolute atomic E-state index is 0.100. The van der Waals surface area contributed by atoms with E-state index in [1.807, 2.05) is 24.3 Å². The van der Waals surface area contributed by atoms with E-state index in [0.29, 0.717) is 16.4 Å². The standard InChI is InChI=1S/C26H21ClN2O3S/c27-20-7-5-8-21(16-20)29(33(31,32)22-9-2-1-3-10-22)17-25(30)28-24-15-14-19-13-12-18-6-4-11-23(24)26(18)19/h1-11,14-16H,12-13,17H2,(H,28,30). The molecule has 0 spiro atoms. The van der Waals surface area contributed by atoms with Crippen LogP contribution in [0.25, 0.3) is 10.8 Å². The average Bonchev–Trinajstić information content (AvgIpc) is 3.24. The monoisotopic (exact) mass is 476 g/mol. The lowest BCUT2D eigenvalue weighted by atomic mass is 10.0. The molecular weight excluding hydrogens is 456 g/mol. The number of halogens is 1. The van der Waals surface area contributed by atoms with Crippen LogP contribution in [0, 0.1) is 0 Å². The molecule has 0 unspecified atom stereocenters. The molecule has 33 heavy (non-hydrogen) atoms. The Bertz CT molecular complexity index is 1460. The fourth-order valence-corrected chi connectivity index (χ4v) is 5.96. The highest BCUT2D eigenvalue weighted by atomic mass is 35.5. The van der Waals surface area contributed by atoms with Crippen LogP contribution in [0.5, 0.6) is 0 Å². The van der Waals surface area contributed by atoms with E-state index in [0.717, 1.165) is 22.5 Å². The first-order valence-corrected chi connectivity index (χ1v) is 12.4. The number of nitrogens with zero attached hydrogens (tertiary/aromatic N) is 1. The van der Waals surface area contributed by atoms with E-state index in [4.69, 9.17) is 11.6 Å². The number of carbonyl (C=O) groups excluding carboxylic acids is 1. The van der Waals surface area contributed by atoms with Crippen molar-refractivity contribution < 1.29 is 13.2 Å². The Morgan fingerprint density at radius 2 is 1.61 bits per heavy atom. The van der Waals surface area contributed by atoms with Crippen molar-refractivity contribution in [3.8, 4) is 0 Å². The van der Waals surface area contributed by atoms with Gasteiger partial charge in [0.1, 0.15) is 6.54 Å². The molecule has 0 heterocycles. The van der Waals surface area contributed by atoms with Gasteiger partial charge in [-0.25, -0.2) is 8.42 Å². The minimum Gasteiger partial charge on any atom is -0.324 e. The van der Waals surface area contributed by atoms with Crippen molar-refractivity contribution in [2.45, 2.75) is 17.7 Å². The molecule has 5 nitrogen and oxygen atoms in total. The molecule has 1 aliphatic rings. The van der Waals surface area contributed by atoms with Crippen molar-refractivity contribution in [2.24, 2.45) is 0 Å². The highest BCUT2D eigenvalue weighted by molar-refractivity contribution is 7.92. The number of nitrogens with one attached hydrogen (secondary N) is 1. The number of hydrogen-bond donors (Lipinski definition) is 1. The molecule has 0 aliphatic heterocycles. The number of carbonyl (C=O) groups is 1. The zero-order valence-corrected chi connectivity index (χ0v) is 19.2. The van der Waals surface area contributed by atoms with Gasteiger partial charge in [-0.15, -0.1) is 0 Å². The molecule has 166 valence electrons. The highest BCUT2D eigenvalue weighted by Crippen LogP contribution is 2.35. The summed E-state index contributed by atoms with van der Waals surface area (Å²) < 4.78 is 28.0. The third kappa shape index (κ3) is 4.08. The van der Waals surface area contributed by atoms with Gasteiger partial charge in [-0.2, -0.15) is 0 Å². The van der Waals surface area contributed by atoms with Crippen LogP contribution in [0.2, 0.25) is 5.02 Å². The topological polar surface area (TPSA) is 66.5 Å². The predicted molar refractivity (Wildman–Crippen MR) is 132 cm³/mol. The molecule has 1 amide bonds. The van der Waals surface area contributed by atoms with Crippen LogP contribution in [0.4, 0.5) is 11.4 Å². The lowest BCUT2D eigenvalue weighted by Gasteiger charge is -2.24. The van der Waals surface area contributed by atoms with Gasteiger partial charge < -0.3 is 5.32 Å². The van der Waals surface area contributed by atoms with Gasteiger partial charge in [-0.05, 0) is 65.8 Å². The smallest absolute Gasteiger partial charge is 0.264 e. The van der Waals surface area contributed by atoms with E-state index in [2.05, 4.69) is 11.4 Å². The van der Waals surface area contributed by atoms with E-state index in [9.17, 15) is 13.2 Å². The Morgan fingerprint density at radius 3 is 2.36 bits per heavy atom. The van der Waals surface area contributed by atoms with E-state index in [1.165, 1.54) is 34.7 Å². The molecule has 4 aromatic carbocycles. The van der Waals surface area contributed by atoms with E-state index >= 15 is 0 Å². The summed E-state index contributed by atoms with van der Waals surface area (Å²) in [5, 5.41) is 5.46. The number of rotatable bonds is 6. The Labute approximate surface area is 197 Å². The van der Waals surface area contributed by atoms with E-state index < -0.39 is 15.9 Å². The molecule has 1 N–H and O–H groups in total. The first kappa shape index (κ1) is 21.5. The Kier molecular flexibility index (Phi) is 5.56.